The molecule has 0 aliphatic carbocycles. The molecule has 1 aromatic rings. The number of carbonyl (C=O) groups excluding carboxylic acids is 1. The van der Waals surface area contributed by atoms with Gasteiger partial charge >= 0.3 is 5.97 Å². The Balaban J connectivity index is 0.00000112. The third kappa shape index (κ3) is 1.91. The lowest BCUT2D eigenvalue weighted by Crippen LogP contribution is -2.34. The van der Waals surface area contributed by atoms with Crippen molar-refractivity contribution in [3.05, 3.63) is 29.8 Å². The first-order valence-electron chi connectivity index (χ1n) is 4.33. The first-order valence-corrected chi connectivity index (χ1v) is 4.33. The molecule has 1 heterocycles. The zero-order chi connectivity index (χ0) is 10.1. The minimum Gasteiger partial charge on any atom is -0.476 e. The number of benzene rings is 1. The molecule has 0 spiro atoms. The lowest BCUT2D eigenvalue weighted by atomic mass is 10.1. The van der Waals surface area contributed by atoms with Crippen LogP contribution in [0.15, 0.2) is 24.3 Å². The summed E-state index contributed by atoms with van der Waals surface area (Å²) in [6, 6.07) is 6.91. The molecule has 0 saturated carbocycles. The molecule has 15 heavy (non-hydrogen) atoms. The summed E-state index contributed by atoms with van der Waals surface area (Å²) in [6.07, 6.45) is -0.711. The summed E-state index contributed by atoms with van der Waals surface area (Å²) < 4.78 is 9.96. The van der Waals surface area contributed by atoms with Crippen LogP contribution >= 0.6 is 12.4 Å². The van der Waals surface area contributed by atoms with Crippen LogP contribution < -0.4 is 10.5 Å². The van der Waals surface area contributed by atoms with Gasteiger partial charge in [-0.15, -0.1) is 12.4 Å². The van der Waals surface area contributed by atoms with Crippen molar-refractivity contribution >= 4 is 18.4 Å². The molecule has 2 rings (SSSR count). The molecule has 0 fully saturated rings. The average molecular weight is 230 g/mol. The van der Waals surface area contributed by atoms with Gasteiger partial charge in [-0.1, -0.05) is 18.2 Å². The number of esters is 1. The third-order valence-electron chi connectivity index (χ3n) is 2.29. The van der Waals surface area contributed by atoms with E-state index in [0.29, 0.717) is 5.75 Å². The van der Waals surface area contributed by atoms with Gasteiger partial charge in [0.15, 0.2) is 0 Å². The Morgan fingerprint density at radius 3 is 2.73 bits per heavy atom. The largest absolute Gasteiger partial charge is 0.476 e. The molecular weight excluding hydrogens is 218 g/mol. The maximum Gasteiger partial charge on any atom is 0.349 e. The van der Waals surface area contributed by atoms with Crippen molar-refractivity contribution < 1.29 is 14.3 Å². The van der Waals surface area contributed by atoms with E-state index in [9.17, 15) is 4.79 Å². The molecule has 1 aliphatic rings. The van der Waals surface area contributed by atoms with Gasteiger partial charge in [-0.05, 0) is 6.07 Å². The first-order chi connectivity index (χ1) is 6.74. The van der Waals surface area contributed by atoms with Crippen LogP contribution in [0.3, 0.4) is 0 Å². The Bertz CT molecular complexity index is 369. The molecule has 0 radical (unpaired) electrons. The molecule has 0 unspecified atom stereocenters. The molecule has 1 aromatic carbocycles. The quantitative estimate of drug-likeness (QED) is 0.731. The van der Waals surface area contributed by atoms with Gasteiger partial charge in [0.1, 0.15) is 5.75 Å². The van der Waals surface area contributed by atoms with E-state index in [1.807, 2.05) is 18.2 Å². The number of para-hydroxylation sites is 1. The third-order valence-corrected chi connectivity index (χ3v) is 2.29. The van der Waals surface area contributed by atoms with E-state index < -0.39 is 18.1 Å². The number of nitrogens with two attached hydrogens (primary N) is 1. The summed E-state index contributed by atoms with van der Waals surface area (Å²) in [7, 11) is 1.32. The summed E-state index contributed by atoms with van der Waals surface area (Å²) in [5.41, 5.74) is 6.69. The second-order valence-electron chi connectivity index (χ2n) is 3.13. The predicted octanol–water partition coefficient (Wildman–Crippen LogP) is 1.04. The van der Waals surface area contributed by atoms with Crippen molar-refractivity contribution in [2.24, 2.45) is 5.73 Å². The molecule has 82 valence electrons. The fourth-order valence-corrected chi connectivity index (χ4v) is 1.55. The van der Waals surface area contributed by atoms with Crippen LogP contribution in [0.1, 0.15) is 11.6 Å². The standard InChI is InChI=1S/C10H11NO3.ClH/c1-13-10(12)9-8(11)6-4-2-3-5-7(6)14-9;/h2-5,8-9H,11H2,1H3;1H/t8-,9-;/m0./s1. The van der Waals surface area contributed by atoms with E-state index in [1.54, 1.807) is 6.07 Å². The van der Waals surface area contributed by atoms with Crippen LogP contribution in [0.5, 0.6) is 5.75 Å². The molecule has 4 nitrogen and oxygen atoms in total. The SMILES string of the molecule is COC(=O)[C@H]1Oc2ccccc2[C@@H]1N.Cl. The second-order valence-corrected chi connectivity index (χ2v) is 3.13. The van der Waals surface area contributed by atoms with Crippen LogP contribution in [0.25, 0.3) is 0 Å². The van der Waals surface area contributed by atoms with Crippen molar-refractivity contribution in [2.75, 3.05) is 7.11 Å². The highest BCUT2D eigenvalue weighted by atomic mass is 35.5. The zero-order valence-corrected chi connectivity index (χ0v) is 8.99. The Morgan fingerprint density at radius 1 is 1.47 bits per heavy atom. The highest BCUT2D eigenvalue weighted by Crippen LogP contribution is 2.34. The van der Waals surface area contributed by atoms with Crippen LogP contribution in [-0.2, 0) is 9.53 Å². The highest BCUT2D eigenvalue weighted by Gasteiger charge is 2.37. The Labute approximate surface area is 93.8 Å². The van der Waals surface area contributed by atoms with Gasteiger partial charge < -0.3 is 15.2 Å². The van der Waals surface area contributed by atoms with Gasteiger partial charge in [0.2, 0.25) is 6.10 Å². The van der Waals surface area contributed by atoms with Crippen molar-refractivity contribution in [1.29, 1.82) is 0 Å². The van der Waals surface area contributed by atoms with E-state index in [-0.39, 0.29) is 12.4 Å². The first kappa shape index (κ1) is 11.8. The van der Waals surface area contributed by atoms with Gasteiger partial charge in [0, 0.05) is 5.56 Å². The van der Waals surface area contributed by atoms with Crippen molar-refractivity contribution in [3.63, 3.8) is 0 Å². The van der Waals surface area contributed by atoms with E-state index in [0.717, 1.165) is 5.56 Å². The van der Waals surface area contributed by atoms with Crippen molar-refractivity contribution in [2.45, 2.75) is 12.1 Å². The Hall–Kier alpha value is -1.26. The molecule has 1 aliphatic heterocycles. The summed E-state index contributed by atoms with van der Waals surface area (Å²) in [5.74, 6) is 0.226. The lowest BCUT2D eigenvalue weighted by Gasteiger charge is -2.11. The number of ether oxygens (including phenoxy) is 2. The summed E-state index contributed by atoms with van der Waals surface area (Å²) in [5, 5.41) is 0. The number of fused-ring (bicyclic) bond motifs is 1. The normalized spacial score (nSPS) is 22.3. The Kier molecular flexibility index (Phi) is 3.55. The topological polar surface area (TPSA) is 61.5 Å². The molecule has 2 atom stereocenters. The summed E-state index contributed by atoms with van der Waals surface area (Å²) in [4.78, 5) is 11.3. The van der Waals surface area contributed by atoms with Crippen LogP contribution in [0, 0.1) is 0 Å². The van der Waals surface area contributed by atoms with E-state index in [1.165, 1.54) is 7.11 Å². The minimum atomic E-state index is -0.711. The Morgan fingerprint density at radius 2 is 2.13 bits per heavy atom. The van der Waals surface area contributed by atoms with Gasteiger partial charge in [-0.25, -0.2) is 4.79 Å². The molecule has 2 N–H and O–H groups in total. The van der Waals surface area contributed by atoms with Crippen LogP contribution in [0.2, 0.25) is 0 Å². The molecule has 5 heteroatoms. The van der Waals surface area contributed by atoms with Crippen molar-refractivity contribution in [1.82, 2.24) is 0 Å². The van der Waals surface area contributed by atoms with Gasteiger partial charge in [0.05, 0.1) is 13.2 Å². The number of hydrogen-bond acceptors (Lipinski definition) is 4. The zero-order valence-electron chi connectivity index (χ0n) is 8.17. The van der Waals surface area contributed by atoms with Gasteiger partial charge in [0.25, 0.3) is 0 Å². The smallest absolute Gasteiger partial charge is 0.349 e. The number of carbonyl (C=O) groups is 1. The number of hydrogen-bond donors (Lipinski definition) is 1. The van der Waals surface area contributed by atoms with Crippen LogP contribution in [0.4, 0.5) is 0 Å². The monoisotopic (exact) mass is 229 g/mol. The number of rotatable bonds is 1. The van der Waals surface area contributed by atoms with E-state index in [2.05, 4.69) is 4.74 Å². The summed E-state index contributed by atoms with van der Waals surface area (Å²) >= 11 is 0. The fourth-order valence-electron chi connectivity index (χ4n) is 1.55. The summed E-state index contributed by atoms with van der Waals surface area (Å²) in [6.45, 7) is 0. The molecule has 0 amide bonds. The fraction of sp³-hybridized carbons (Fsp3) is 0.300. The molecule has 0 saturated heterocycles. The van der Waals surface area contributed by atoms with E-state index in [4.69, 9.17) is 10.5 Å². The van der Waals surface area contributed by atoms with E-state index >= 15 is 0 Å². The van der Waals surface area contributed by atoms with Crippen LogP contribution in [-0.4, -0.2) is 19.2 Å². The predicted molar refractivity (Wildman–Crippen MR) is 57.1 cm³/mol. The average Bonchev–Trinajstić information content (AvgIpc) is 2.56. The molecule has 0 bridgehead atoms. The second kappa shape index (κ2) is 4.51. The number of methoxy groups -OCH3 is 1. The molecular formula is C10H12ClNO3. The maximum absolute atomic E-state index is 11.3. The highest BCUT2D eigenvalue weighted by molar-refractivity contribution is 5.85. The molecule has 0 aromatic heterocycles. The number of halogens is 1. The van der Waals surface area contributed by atoms with Gasteiger partial charge in [-0.3, -0.25) is 0 Å². The minimum absolute atomic E-state index is 0. The van der Waals surface area contributed by atoms with Gasteiger partial charge in [-0.2, -0.15) is 0 Å². The lowest BCUT2D eigenvalue weighted by molar-refractivity contribution is -0.148. The van der Waals surface area contributed by atoms with Crippen molar-refractivity contribution in [3.8, 4) is 5.75 Å². The maximum atomic E-state index is 11.3.